The number of rotatable bonds is 13. The van der Waals surface area contributed by atoms with Crippen LogP contribution >= 0.6 is 11.6 Å². The maximum absolute atomic E-state index is 14.3. The second-order valence-corrected chi connectivity index (χ2v) is 21.4. The largest absolute Gasteiger partial charge is 0.487 e. The molecular formula is C50H58ClN7O8S. The van der Waals surface area contributed by atoms with E-state index in [0.717, 1.165) is 74.1 Å². The Labute approximate surface area is 396 Å². The molecule has 3 aromatic carbocycles. The molecule has 5 aromatic rings. The van der Waals surface area contributed by atoms with E-state index in [1.165, 1.54) is 28.8 Å². The Morgan fingerprint density at radius 2 is 1.76 bits per heavy atom. The van der Waals surface area contributed by atoms with Gasteiger partial charge in [0.25, 0.3) is 15.9 Å². The molecular weight excluding hydrogens is 894 g/mol. The van der Waals surface area contributed by atoms with Gasteiger partial charge in [-0.05, 0) is 128 Å². The number of amides is 1. The molecule has 0 radical (unpaired) electrons. The molecule has 67 heavy (non-hydrogen) atoms. The Hall–Kier alpha value is -5.68. The van der Waals surface area contributed by atoms with Crippen LogP contribution in [-0.4, -0.2) is 97.3 Å². The molecule has 4 heterocycles. The van der Waals surface area contributed by atoms with Crippen LogP contribution in [0.2, 0.25) is 5.02 Å². The molecule has 3 N–H and O–H groups in total. The molecule has 0 atom stereocenters. The Morgan fingerprint density at radius 1 is 1.00 bits per heavy atom. The van der Waals surface area contributed by atoms with Crippen LogP contribution < -0.4 is 24.0 Å². The third kappa shape index (κ3) is 10.1. The highest BCUT2D eigenvalue weighted by molar-refractivity contribution is 7.90. The van der Waals surface area contributed by atoms with E-state index in [0.29, 0.717) is 61.6 Å². The van der Waals surface area contributed by atoms with Gasteiger partial charge in [-0.25, -0.2) is 13.1 Å². The fourth-order valence-electron chi connectivity index (χ4n) is 10.00. The minimum Gasteiger partial charge on any atom is -0.487 e. The number of nitrogens with zero attached hydrogens (tertiary/aromatic N) is 5. The average molecular weight is 953 g/mol. The zero-order valence-corrected chi connectivity index (χ0v) is 39.8. The number of hydrogen-bond acceptors (Lipinski definition) is 12. The number of halogens is 1. The van der Waals surface area contributed by atoms with Crippen molar-refractivity contribution in [3.05, 3.63) is 111 Å². The van der Waals surface area contributed by atoms with Crippen LogP contribution in [0, 0.1) is 21.4 Å². The zero-order valence-electron chi connectivity index (χ0n) is 38.2. The first kappa shape index (κ1) is 46.4. The first-order valence-electron chi connectivity index (χ1n) is 23.2. The summed E-state index contributed by atoms with van der Waals surface area (Å²) in [6, 6.07) is 20.8. The normalized spacial score (nSPS) is 21.2. The molecule has 2 fully saturated rings. The summed E-state index contributed by atoms with van der Waals surface area (Å²) in [5, 5.41) is 24.4. The number of pyridine rings is 1. The quantitative estimate of drug-likeness (QED) is 0.0752. The third-order valence-electron chi connectivity index (χ3n) is 14.2. The molecule has 0 spiro atoms. The summed E-state index contributed by atoms with van der Waals surface area (Å²) < 4.78 is 42.0. The number of sulfonamides is 1. The number of H-pyrrole nitrogens is 1. The lowest BCUT2D eigenvalue weighted by Crippen LogP contribution is -2.47. The number of benzene rings is 3. The van der Waals surface area contributed by atoms with E-state index in [2.05, 4.69) is 45.5 Å². The molecule has 2 aromatic heterocycles. The number of carbonyl (C=O) groups is 1. The van der Waals surface area contributed by atoms with Gasteiger partial charge in [-0.2, -0.15) is 4.98 Å². The summed E-state index contributed by atoms with van der Waals surface area (Å²) in [7, 11) is -4.61. The second kappa shape index (κ2) is 18.8. The first-order chi connectivity index (χ1) is 32.1. The van der Waals surface area contributed by atoms with Gasteiger partial charge in [0, 0.05) is 61.1 Å². The predicted octanol–water partition coefficient (Wildman–Crippen LogP) is 9.27. The number of piperazine rings is 1. The molecule has 0 bridgehead atoms. The summed E-state index contributed by atoms with van der Waals surface area (Å²) in [6.07, 6.45) is 8.30. The molecule has 2 aliphatic carbocycles. The van der Waals surface area contributed by atoms with Gasteiger partial charge in [-0.15, -0.1) is 0 Å². The van der Waals surface area contributed by atoms with Crippen molar-refractivity contribution in [2.45, 2.75) is 82.6 Å². The van der Waals surface area contributed by atoms with E-state index in [1.807, 2.05) is 48.2 Å². The molecule has 1 saturated heterocycles. The average Bonchev–Trinajstić information content (AvgIpc) is 3.78. The lowest BCUT2D eigenvalue weighted by molar-refractivity contribution is -0.386. The van der Waals surface area contributed by atoms with E-state index in [1.54, 1.807) is 12.3 Å². The number of nitro groups is 1. The van der Waals surface area contributed by atoms with Crippen molar-refractivity contribution in [3.8, 4) is 11.6 Å². The smallest absolute Gasteiger partial charge is 0.312 e. The van der Waals surface area contributed by atoms with Gasteiger partial charge in [-0.1, -0.05) is 50.1 Å². The number of aliphatic hydroxyl groups is 1. The van der Waals surface area contributed by atoms with E-state index in [-0.39, 0.29) is 35.9 Å². The summed E-state index contributed by atoms with van der Waals surface area (Å²) >= 11 is 6.27. The van der Waals surface area contributed by atoms with E-state index >= 15 is 0 Å². The highest BCUT2D eigenvalue weighted by Crippen LogP contribution is 2.44. The first-order valence-corrected chi connectivity index (χ1v) is 25.1. The van der Waals surface area contributed by atoms with Crippen molar-refractivity contribution >= 4 is 66.9 Å². The van der Waals surface area contributed by atoms with Gasteiger partial charge < -0.3 is 29.4 Å². The molecule has 17 heteroatoms. The van der Waals surface area contributed by atoms with Gasteiger partial charge in [0.1, 0.15) is 17.9 Å². The van der Waals surface area contributed by atoms with Crippen molar-refractivity contribution in [1.29, 1.82) is 0 Å². The standard InChI is InChI=1S/C50H58ClN7O8S/c1-4-50(60)18-13-33(14-19-50)32-66-45-12-10-39(29-43(45)58(61)62)67(63,64)54-47(59)40-11-9-38(28-42(40)57-25-26-65-48-44(57)27-35-16-20-52-46(35)53-48)56-23-21-55(22-24-56)31-36-15-17-49(2,3)30-41(36)34-5-7-37(51)8-6-34/h5-12,16,20,27-29,33,60H,4,13-15,17-19,21-26,30-32H2,1-3H3,(H,52,53)(H,54,59). The van der Waals surface area contributed by atoms with Crippen molar-refractivity contribution < 1.29 is 32.7 Å². The van der Waals surface area contributed by atoms with Crippen LogP contribution in [0.5, 0.6) is 11.6 Å². The number of allylic oxidation sites excluding steroid dienone is 1. The van der Waals surface area contributed by atoms with Gasteiger partial charge in [-0.3, -0.25) is 19.8 Å². The van der Waals surface area contributed by atoms with E-state index in [9.17, 15) is 28.4 Å². The molecule has 0 unspecified atom stereocenters. The van der Waals surface area contributed by atoms with E-state index in [4.69, 9.17) is 26.1 Å². The third-order valence-corrected chi connectivity index (χ3v) is 15.8. The SMILES string of the molecule is CCC1(O)CCC(COc2ccc(S(=O)(=O)NC(=O)c3ccc(N4CCN(CC5=C(c6ccc(Cl)cc6)CC(C)(C)CC5)CC4)cc3N3CCOc4nc5[nH]ccc5cc43)cc2[N+](=O)[O-])CC1. The highest BCUT2D eigenvalue weighted by atomic mass is 35.5. The summed E-state index contributed by atoms with van der Waals surface area (Å²) in [6.45, 7) is 11.4. The Kier molecular flexibility index (Phi) is 13.0. The number of aromatic nitrogens is 2. The number of fused-ring (bicyclic) bond motifs is 2. The number of ether oxygens (including phenoxy) is 2. The van der Waals surface area contributed by atoms with E-state index < -0.39 is 37.0 Å². The van der Waals surface area contributed by atoms with Crippen LogP contribution in [-0.2, 0) is 10.0 Å². The van der Waals surface area contributed by atoms with Crippen LogP contribution in [0.4, 0.5) is 22.7 Å². The number of nitrogens with one attached hydrogen (secondary N) is 2. The predicted molar refractivity (Wildman–Crippen MR) is 260 cm³/mol. The lowest BCUT2D eigenvalue weighted by Gasteiger charge is -2.39. The Morgan fingerprint density at radius 3 is 2.49 bits per heavy atom. The molecule has 354 valence electrons. The summed E-state index contributed by atoms with van der Waals surface area (Å²) in [4.78, 5) is 40.0. The molecule has 1 amide bonds. The van der Waals surface area contributed by atoms with Crippen molar-refractivity contribution in [1.82, 2.24) is 19.6 Å². The fourth-order valence-corrected chi connectivity index (χ4v) is 11.1. The monoisotopic (exact) mass is 951 g/mol. The molecule has 9 rings (SSSR count). The minimum atomic E-state index is -4.61. The van der Waals surface area contributed by atoms with Crippen molar-refractivity contribution in [2.75, 3.05) is 62.3 Å². The number of hydrogen-bond donors (Lipinski definition) is 3. The highest BCUT2D eigenvalue weighted by Gasteiger charge is 2.34. The number of nitro benzene ring substituents is 1. The van der Waals surface area contributed by atoms with Gasteiger partial charge in [0.05, 0.1) is 39.8 Å². The maximum atomic E-state index is 14.3. The van der Waals surface area contributed by atoms with Crippen LogP contribution in [0.1, 0.15) is 88.1 Å². The van der Waals surface area contributed by atoms with Gasteiger partial charge in [0.15, 0.2) is 5.75 Å². The van der Waals surface area contributed by atoms with Gasteiger partial charge >= 0.3 is 5.69 Å². The molecule has 15 nitrogen and oxygen atoms in total. The topological polar surface area (TPSA) is 183 Å². The van der Waals surface area contributed by atoms with Crippen molar-refractivity contribution in [2.24, 2.45) is 11.3 Å². The molecule has 2 aliphatic heterocycles. The Balaban J connectivity index is 0.958. The van der Waals surface area contributed by atoms with Gasteiger partial charge in [0.2, 0.25) is 5.88 Å². The maximum Gasteiger partial charge on any atom is 0.312 e. The zero-order chi connectivity index (χ0) is 47.1. The fraction of sp³-hybridized carbons (Fsp3) is 0.440. The number of carbonyl (C=O) groups excluding carboxylic acids is 1. The summed E-state index contributed by atoms with van der Waals surface area (Å²) in [5.74, 6) is -0.505. The minimum absolute atomic E-state index is 0.0701. The molecule has 1 saturated carbocycles. The van der Waals surface area contributed by atoms with Crippen LogP contribution in [0.15, 0.2) is 89.5 Å². The second-order valence-electron chi connectivity index (χ2n) is 19.3. The Bertz CT molecular complexity index is 2810. The number of anilines is 3. The molecule has 4 aliphatic rings. The lowest BCUT2D eigenvalue weighted by atomic mass is 9.72. The summed E-state index contributed by atoms with van der Waals surface area (Å²) in [5.41, 5.74) is 5.80. The number of aromatic amines is 1. The van der Waals surface area contributed by atoms with Crippen LogP contribution in [0.3, 0.4) is 0 Å². The van der Waals surface area contributed by atoms with Crippen LogP contribution in [0.25, 0.3) is 16.6 Å². The van der Waals surface area contributed by atoms with Crippen molar-refractivity contribution in [3.63, 3.8) is 0 Å².